The van der Waals surface area contributed by atoms with Crippen molar-refractivity contribution in [2.24, 2.45) is 0 Å². The van der Waals surface area contributed by atoms with Crippen LogP contribution in [-0.4, -0.2) is 15.9 Å². The molecule has 0 heterocycles. The van der Waals surface area contributed by atoms with Gasteiger partial charge in [0, 0.05) is 6.10 Å². The molecule has 0 aromatic rings. The third-order valence-electron chi connectivity index (χ3n) is 0.354. The van der Waals surface area contributed by atoms with E-state index < -0.39 is 0 Å². The molecule has 0 unspecified atom stereocenters. The molecule has 0 rings (SSSR count). The van der Waals surface area contributed by atoms with Crippen molar-refractivity contribution in [2.45, 2.75) is 26.5 Å². The summed E-state index contributed by atoms with van der Waals surface area (Å²) in [6.07, 6.45) is 0.410. The molecular formula is C4H10OSi. The van der Waals surface area contributed by atoms with Gasteiger partial charge in [-0.25, -0.2) is 0 Å². The van der Waals surface area contributed by atoms with E-state index in [9.17, 15) is 0 Å². The average molecular weight is 102 g/mol. The zero-order valence-electron chi connectivity index (χ0n) is 4.49. The maximum absolute atomic E-state index is 5.07. The van der Waals surface area contributed by atoms with Crippen molar-refractivity contribution in [2.75, 3.05) is 0 Å². The van der Waals surface area contributed by atoms with Crippen LogP contribution in [0.15, 0.2) is 0 Å². The second kappa shape index (κ2) is 3.37. The van der Waals surface area contributed by atoms with Crippen LogP contribution >= 0.6 is 0 Å². The fourth-order valence-corrected chi connectivity index (χ4v) is 0.707. The van der Waals surface area contributed by atoms with Crippen LogP contribution in [0.3, 0.4) is 0 Å². The molecule has 0 aliphatic rings. The Hall–Kier alpha value is 0.177. The highest BCUT2D eigenvalue weighted by molar-refractivity contribution is 6.24. The van der Waals surface area contributed by atoms with E-state index in [1.165, 1.54) is 0 Å². The van der Waals surface area contributed by atoms with Crippen molar-refractivity contribution in [3.8, 4) is 0 Å². The molecule has 0 N–H and O–H groups in total. The first kappa shape index (κ1) is 6.18. The van der Waals surface area contributed by atoms with Gasteiger partial charge in [-0.05, 0) is 20.4 Å². The van der Waals surface area contributed by atoms with Crippen LogP contribution in [0.1, 0.15) is 13.8 Å². The Morgan fingerprint density at radius 2 is 2.00 bits per heavy atom. The first-order valence-electron chi connectivity index (χ1n) is 2.09. The van der Waals surface area contributed by atoms with E-state index in [1.807, 2.05) is 20.4 Å². The molecule has 0 bridgehead atoms. The van der Waals surface area contributed by atoms with E-state index in [1.54, 1.807) is 0 Å². The summed E-state index contributed by atoms with van der Waals surface area (Å²) in [6, 6.07) is 0. The predicted octanol–water partition coefficient (Wildman–Crippen LogP) is 1.08. The highest BCUT2D eigenvalue weighted by atomic mass is 28.2. The number of hydrogen-bond acceptors (Lipinski definition) is 1. The predicted molar refractivity (Wildman–Crippen MR) is 27.8 cm³/mol. The van der Waals surface area contributed by atoms with Crippen LogP contribution in [0.25, 0.3) is 0 Å². The van der Waals surface area contributed by atoms with E-state index in [-0.39, 0.29) is 0 Å². The molecule has 2 heteroatoms. The third kappa shape index (κ3) is 4.18. The summed E-state index contributed by atoms with van der Waals surface area (Å²) in [5, 5.41) is 0. The monoisotopic (exact) mass is 102 g/mol. The van der Waals surface area contributed by atoms with Gasteiger partial charge in [-0.3, -0.25) is 0 Å². The van der Waals surface area contributed by atoms with Crippen molar-refractivity contribution < 1.29 is 4.43 Å². The molecule has 0 saturated carbocycles. The summed E-state index contributed by atoms with van der Waals surface area (Å²) in [5.74, 6) is 0. The first-order valence-corrected chi connectivity index (χ1v) is 3.50. The molecule has 6 heavy (non-hydrogen) atoms. The topological polar surface area (TPSA) is 9.23 Å². The standard InChI is InChI=1S/C4H10OSi/c1-4(2)5-6-3/h4H,1-3H3. The summed E-state index contributed by atoms with van der Waals surface area (Å²) in [4.78, 5) is 0. The van der Waals surface area contributed by atoms with E-state index in [4.69, 9.17) is 4.43 Å². The maximum atomic E-state index is 5.07. The van der Waals surface area contributed by atoms with Gasteiger partial charge >= 0.3 is 0 Å². The SMILES string of the molecule is C[Si]OC(C)C. The lowest BCUT2D eigenvalue weighted by molar-refractivity contribution is 0.258. The molecule has 0 spiro atoms. The Bertz CT molecular complexity index is 28.7. The van der Waals surface area contributed by atoms with Gasteiger partial charge in [-0.15, -0.1) is 0 Å². The molecule has 36 valence electrons. The summed E-state index contributed by atoms with van der Waals surface area (Å²) in [5.41, 5.74) is 0. The van der Waals surface area contributed by atoms with Crippen molar-refractivity contribution in [3.63, 3.8) is 0 Å². The van der Waals surface area contributed by atoms with Crippen LogP contribution in [-0.2, 0) is 4.43 Å². The molecule has 2 radical (unpaired) electrons. The van der Waals surface area contributed by atoms with Crippen LogP contribution < -0.4 is 0 Å². The van der Waals surface area contributed by atoms with E-state index in [2.05, 4.69) is 0 Å². The zero-order chi connectivity index (χ0) is 4.99. The molecule has 0 amide bonds. The third-order valence-corrected chi connectivity index (χ3v) is 1.06. The smallest absolute Gasteiger partial charge is 0.226 e. The molecular weight excluding hydrogens is 92.1 g/mol. The lowest BCUT2D eigenvalue weighted by atomic mass is 10.5. The molecule has 0 aliphatic heterocycles. The van der Waals surface area contributed by atoms with Crippen LogP contribution in [0, 0.1) is 0 Å². The summed E-state index contributed by atoms with van der Waals surface area (Å²) in [7, 11) is 0.638. The zero-order valence-corrected chi connectivity index (χ0v) is 5.49. The van der Waals surface area contributed by atoms with Crippen LogP contribution in [0.2, 0.25) is 6.55 Å². The lowest BCUT2D eigenvalue weighted by Gasteiger charge is -1.99. The molecule has 0 atom stereocenters. The second-order valence-corrected chi connectivity index (χ2v) is 2.01. The van der Waals surface area contributed by atoms with Gasteiger partial charge in [0.2, 0.25) is 9.76 Å². The maximum Gasteiger partial charge on any atom is 0.226 e. The molecule has 0 aromatic carbocycles. The number of hydrogen-bond donors (Lipinski definition) is 0. The minimum absolute atomic E-state index is 0.410. The van der Waals surface area contributed by atoms with Gasteiger partial charge in [0.05, 0.1) is 0 Å². The van der Waals surface area contributed by atoms with Gasteiger partial charge in [-0.2, -0.15) is 0 Å². The first-order chi connectivity index (χ1) is 2.77. The number of rotatable bonds is 2. The average Bonchev–Trinajstić information content (AvgIpc) is 1.35. The summed E-state index contributed by atoms with van der Waals surface area (Å²) < 4.78 is 5.07. The molecule has 0 aromatic heterocycles. The Morgan fingerprint density at radius 3 is 2.00 bits per heavy atom. The van der Waals surface area contributed by atoms with Gasteiger partial charge in [-0.1, -0.05) is 0 Å². The van der Waals surface area contributed by atoms with Gasteiger partial charge in [0.1, 0.15) is 0 Å². The van der Waals surface area contributed by atoms with E-state index in [0.29, 0.717) is 15.9 Å². The van der Waals surface area contributed by atoms with Crippen LogP contribution in [0.5, 0.6) is 0 Å². The van der Waals surface area contributed by atoms with E-state index >= 15 is 0 Å². The fourth-order valence-electron chi connectivity index (χ4n) is 0.236. The summed E-state index contributed by atoms with van der Waals surface area (Å²) in [6.45, 7) is 6.10. The van der Waals surface area contributed by atoms with E-state index in [0.717, 1.165) is 0 Å². The van der Waals surface area contributed by atoms with Gasteiger partial charge < -0.3 is 4.43 Å². The Balaban J connectivity index is 2.63. The second-order valence-electron chi connectivity index (χ2n) is 1.37. The normalized spacial score (nSPS) is 10.0. The minimum atomic E-state index is 0.410. The van der Waals surface area contributed by atoms with Crippen molar-refractivity contribution in [3.05, 3.63) is 0 Å². The van der Waals surface area contributed by atoms with Crippen molar-refractivity contribution in [1.82, 2.24) is 0 Å². The van der Waals surface area contributed by atoms with Crippen molar-refractivity contribution in [1.29, 1.82) is 0 Å². The Kier molecular flexibility index (Phi) is 3.47. The van der Waals surface area contributed by atoms with Gasteiger partial charge in [0.15, 0.2) is 0 Å². The molecule has 0 saturated heterocycles. The highest BCUT2D eigenvalue weighted by Crippen LogP contribution is 1.81. The van der Waals surface area contributed by atoms with Crippen molar-refractivity contribution >= 4 is 9.76 Å². The Labute approximate surface area is 41.6 Å². The molecule has 0 aliphatic carbocycles. The van der Waals surface area contributed by atoms with Crippen LogP contribution in [0.4, 0.5) is 0 Å². The molecule has 1 nitrogen and oxygen atoms in total. The minimum Gasteiger partial charge on any atom is -0.415 e. The fraction of sp³-hybridized carbons (Fsp3) is 1.00. The highest BCUT2D eigenvalue weighted by Gasteiger charge is 1.85. The largest absolute Gasteiger partial charge is 0.415 e. The van der Waals surface area contributed by atoms with Gasteiger partial charge in [0.25, 0.3) is 0 Å². The summed E-state index contributed by atoms with van der Waals surface area (Å²) >= 11 is 0. The lowest BCUT2D eigenvalue weighted by Crippen LogP contribution is -2.02. The quantitative estimate of drug-likeness (QED) is 0.474. The Morgan fingerprint density at radius 1 is 1.50 bits per heavy atom. The molecule has 0 fully saturated rings.